The molecule has 8 nitrogen and oxygen atoms in total. The minimum atomic E-state index is -3.84. The highest BCUT2D eigenvalue weighted by atomic mass is 32.2. The standard InChI is InChI=1S/C12H14N2O6S/c15-12(13-16)9-2-1-5-14(9)21(17,18)8-3-4-10-11(6-8)20-7-19-10/h3-4,6,9,16H,1-2,5,7H2,(H,13,15)/t9-/m1/s1. The highest BCUT2D eigenvalue weighted by molar-refractivity contribution is 7.89. The topological polar surface area (TPSA) is 105 Å². The van der Waals surface area contributed by atoms with E-state index >= 15 is 0 Å². The molecule has 1 fully saturated rings. The molecule has 0 spiro atoms. The van der Waals surface area contributed by atoms with Crippen LogP contribution in [0.5, 0.6) is 11.5 Å². The van der Waals surface area contributed by atoms with Crippen molar-refractivity contribution in [3.63, 3.8) is 0 Å². The van der Waals surface area contributed by atoms with E-state index < -0.39 is 22.0 Å². The molecule has 2 aliphatic rings. The average Bonchev–Trinajstić information content (AvgIpc) is 3.14. The zero-order chi connectivity index (χ0) is 15.0. The van der Waals surface area contributed by atoms with E-state index in [0.717, 1.165) is 4.31 Å². The van der Waals surface area contributed by atoms with Gasteiger partial charge in [-0.2, -0.15) is 4.31 Å². The maximum absolute atomic E-state index is 12.6. The van der Waals surface area contributed by atoms with Gasteiger partial charge in [0, 0.05) is 12.6 Å². The van der Waals surface area contributed by atoms with E-state index in [1.165, 1.54) is 23.7 Å². The quantitative estimate of drug-likeness (QED) is 0.604. The van der Waals surface area contributed by atoms with E-state index in [9.17, 15) is 13.2 Å². The summed E-state index contributed by atoms with van der Waals surface area (Å²) in [7, 11) is -3.84. The van der Waals surface area contributed by atoms with Crippen molar-refractivity contribution in [3.8, 4) is 11.5 Å². The summed E-state index contributed by atoms with van der Waals surface area (Å²) in [4.78, 5) is 11.6. The number of carbonyl (C=O) groups excluding carboxylic acids is 1. The van der Waals surface area contributed by atoms with Gasteiger partial charge < -0.3 is 9.47 Å². The van der Waals surface area contributed by atoms with Crippen LogP contribution in [0.3, 0.4) is 0 Å². The van der Waals surface area contributed by atoms with Crippen molar-refractivity contribution in [2.45, 2.75) is 23.8 Å². The molecule has 3 rings (SSSR count). The predicted molar refractivity (Wildman–Crippen MR) is 69.4 cm³/mol. The van der Waals surface area contributed by atoms with Gasteiger partial charge in [0.05, 0.1) is 4.90 Å². The lowest BCUT2D eigenvalue weighted by Gasteiger charge is -2.22. The first-order chi connectivity index (χ1) is 10.0. The van der Waals surface area contributed by atoms with Gasteiger partial charge in [0.15, 0.2) is 11.5 Å². The SMILES string of the molecule is O=C(NO)[C@H]1CCCN1S(=O)(=O)c1ccc2c(c1)OCO2. The molecule has 0 bridgehead atoms. The second-order valence-electron chi connectivity index (χ2n) is 4.76. The van der Waals surface area contributed by atoms with Crippen molar-refractivity contribution in [2.75, 3.05) is 13.3 Å². The zero-order valence-corrected chi connectivity index (χ0v) is 11.8. The molecular weight excluding hydrogens is 300 g/mol. The number of benzene rings is 1. The molecule has 9 heteroatoms. The number of nitrogens with one attached hydrogen (secondary N) is 1. The Morgan fingerprint density at radius 3 is 2.86 bits per heavy atom. The van der Waals surface area contributed by atoms with Crippen LogP contribution in [0.15, 0.2) is 23.1 Å². The number of hydroxylamine groups is 1. The lowest BCUT2D eigenvalue weighted by atomic mass is 10.2. The first kappa shape index (κ1) is 14.1. The fraction of sp³-hybridized carbons (Fsp3) is 0.417. The fourth-order valence-corrected chi connectivity index (χ4v) is 4.21. The van der Waals surface area contributed by atoms with E-state index in [1.54, 1.807) is 0 Å². The molecule has 2 heterocycles. The Labute approximate surface area is 121 Å². The van der Waals surface area contributed by atoms with Crippen molar-refractivity contribution < 1.29 is 27.9 Å². The number of carbonyl (C=O) groups is 1. The molecule has 1 amide bonds. The van der Waals surface area contributed by atoms with E-state index in [-0.39, 0.29) is 18.2 Å². The van der Waals surface area contributed by atoms with Gasteiger partial charge in [-0.05, 0) is 25.0 Å². The molecule has 1 saturated heterocycles. The number of fused-ring (bicyclic) bond motifs is 1. The lowest BCUT2D eigenvalue weighted by Crippen LogP contribution is -2.44. The molecule has 2 aliphatic heterocycles. The number of hydrogen-bond donors (Lipinski definition) is 2. The first-order valence-electron chi connectivity index (χ1n) is 6.39. The number of ether oxygens (including phenoxy) is 2. The second kappa shape index (κ2) is 5.17. The zero-order valence-electron chi connectivity index (χ0n) is 11.0. The summed E-state index contributed by atoms with van der Waals surface area (Å²) in [5, 5.41) is 8.72. The van der Waals surface area contributed by atoms with Gasteiger partial charge in [0.25, 0.3) is 5.91 Å². The van der Waals surface area contributed by atoms with Crippen LogP contribution in [0.4, 0.5) is 0 Å². The van der Waals surface area contributed by atoms with Gasteiger partial charge in [0.1, 0.15) is 6.04 Å². The van der Waals surface area contributed by atoms with Gasteiger partial charge >= 0.3 is 0 Å². The highest BCUT2D eigenvalue weighted by Gasteiger charge is 2.39. The highest BCUT2D eigenvalue weighted by Crippen LogP contribution is 2.35. The van der Waals surface area contributed by atoms with Crippen LogP contribution < -0.4 is 15.0 Å². The van der Waals surface area contributed by atoms with Crippen LogP contribution in [0.2, 0.25) is 0 Å². The molecule has 1 aromatic rings. The van der Waals surface area contributed by atoms with Gasteiger partial charge in [-0.3, -0.25) is 10.0 Å². The Bertz CT molecular complexity index is 674. The summed E-state index contributed by atoms with van der Waals surface area (Å²) >= 11 is 0. The van der Waals surface area contributed by atoms with E-state index in [4.69, 9.17) is 14.7 Å². The number of sulfonamides is 1. The van der Waals surface area contributed by atoms with E-state index in [1.807, 2.05) is 0 Å². The van der Waals surface area contributed by atoms with Crippen LogP contribution in [-0.4, -0.2) is 43.2 Å². The Morgan fingerprint density at radius 2 is 2.10 bits per heavy atom. The van der Waals surface area contributed by atoms with Crippen LogP contribution in [0.1, 0.15) is 12.8 Å². The Morgan fingerprint density at radius 1 is 1.33 bits per heavy atom. The third kappa shape index (κ3) is 2.33. The molecule has 0 aromatic heterocycles. The molecule has 114 valence electrons. The Hall–Kier alpha value is -1.84. The molecule has 0 aliphatic carbocycles. The average molecular weight is 314 g/mol. The number of hydrogen-bond acceptors (Lipinski definition) is 6. The molecule has 0 radical (unpaired) electrons. The molecular formula is C12H14N2O6S. The van der Waals surface area contributed by atoms with Crippen LogP contribution in [-0.2, 0) is 14.8 Å². The maximum atomic E-state index is 12.6. The van der Waals surface area contributed by atoms with Gasteiger partial charge in [0.2, 0.25) is 16.8 Å². The molecule has 1 atom stereocenters. The Kier molecular flexibility index (Phi) is 3.47. The summed E-state index contributed by atoms with van der Waals surface area (Å²) in [6, 6.07) is 3.41. The van der Waals surface area contributed by atoms with E-state index in [0.29, 0.717) is 24.3 Å². The molecule has 0 saturated carbocycles. The molecule has 2 N–H and O–H groups in total. The molecule has 21 heavy (non-hydrogen) atoms. The summed E-state index contributed by atoms with van der Waals surface area (Å²) < 4.78 is 36.7. The van der Waals surface area contributed by atoms with Gasteiger partial charge in [-0.15, -0.1) is 0 Å². The van der Waals surface area contributed by atoms with Gasteiger partial charge in [-0.25, -0.2) is 13.9 Å². The fourth-order valence-electron chi connectivity index (χ4n) is 2.54. The summed E-state index contributed by atoms with van der Waals surface area (Å²) in [6.07, 6.45) is 0.929. The lowest BCUT2D eigenvalue weighted by molar-refractivity contribution is -0.132. The number of rotatable bonds is 3. The summed E-state index contributed by atoms with van der Waals surface area (Å²) in [5.41, 5.74) is 1.51. The van der Waals surface area contributed by atoms with Crippen molar-refractivity contribution in [1.29, 1.82) is 0 Å². The smallest absolute Gasteiger partial charge is 0.261 e. The van der Waals surface area contributed by atoms with Crippen LogP contribution in [0, 0.1) is 0 Å². The third-order valence-electron chi connectivity index (χ3n) is 3.57. The molecule has 1 aromatic carbocycles. The Balaban J connectivity index is 1.94. The maximum Gasteiger partial charge on any atom is 0.261 e. The van der Waals surface area contributed by atoms with Crippen molar-refractivity contribution in [3.05, 3.63) is 18.2 Å². The summed E-state index contributed by atoms with van der Waals surface area (Å²) in [5.74, 6) is 0.121. The largest absolute Gasteiger partial charge is 0.454 e. The third-order valence-corrected chi connectivity index (χ3v) is 5.47. The van der Waals surface area contributed by atoms with Gasteiger partial charge in [-0.1, -0.05) is 0 Å². The predicted octanol–water partition coefficient (Wildman–Crippen LogP) is 0.0738. The molecule has 0 unspecified atom stereocenters. The van der Waals surface area contributed by atoms with Crippen molar-refractivity contribution in [2.24, 2.45) is 0 Å². The minimum Gasteiger partial charge on any atom is -0.454 e. The number of amides is 1. The van der Waals surface area contributed by atoms with Crippen LogP contribution >= 0.6 is 0 Å². The first-order valence-corrected chi connectivity index (χ1v) is 7.83. The monoisotopic (exact) mass is 314 g/mol. The van der Waals surface area contributed by atoms with Crippen molar-refractivity contribution in [1.82, 2.24) is 9.79 Å². The normalized spacial score (nSPS) is 21.5. The van der Waals surface area contributed by atoms with E-state index in [2.05, 4.69) is 0 Å². The minimum absolute atomic E-state index is 0.0318. The number of nitrogens with zero attached hydrogens (tertiary/aromatic N) is 1. The summed E-state index contributed by atoms with van der Waals surface area (Å²) in [6.45, 7) is 0.285. The second-order valence-corrected chi connectivity index (χ2v) is 6.66. The van der Waals surface area contributed by atoms with Crippen molar-refractivity contribution >= 4 is 15.9 Å². The van der Waals surface area contributed by atoms with Crippen LogP contribution in [0.25, 0.3) is 0 Å².